The highest BCUT2D eigenvalue weighted by Gasteiger charge is 2.20. The molecular weight excluding hydrogens is 318 g/mol. The first kappa shape index (κ1) is 17.3. The molecule has 6 heteroatoms. The number of benzene rings is 1. The van der Waals surface area contributed by atoms with Crippen LogP contribution in [-0.2, 0) is 12.8 Å². The van der Waals surface area contributed by atoms with Gasteiger partial charge >= 0.3 is 6.03 Å². The van der Waals surface area contributed by atoms with Crippen LogP contribution in [0.4, 0.5) is 4.79 Å². The zero-order chi connectivity index (χ0) is 17.8. The number of amides is 2. The molecule has 0 radical (unpaired) electrons. The van der Waals surface area contributed by atoms with E-state index in [9.17, 15) is 4.79 Å². The van der Waals surface area contributed by atoms with Crippen molar-refractivity contribution < 1.29 is 14.1 Å². The van der Waals surface area contributed by atoms with Crippen LogP contribution in [0, 0.1) is 19.8 Å². The molecule has 0 aliphatic carbocycles. The summed E-state index contributed by atoms with van der Waals surface area (Å²) in [4.78, 5) is 12.1. The predicted molar refractivity (Wildman–Crippen MR) is 94.8 cm³/mol. The van der Waals surface area contributed by atoms with Gasteiger partial charge < -0.3 is 19.9 Å². The molecule has 0 bridgehead atoms. The second-order valence-corrected chi connectivity index (χ2v) is 6.75. The summed E-state index contributed by atoms with van der Waals surface area (Å²) in [5.74, 6) is 2.05. The van der Waals surface area contributed by atoms with E-state index in [0.29, 0.717) is 25.5 Å². The maximum Gasteiger partial charge on any atom is 0.315 e. The number of carbonyl (C=O) groups excluding carboxylic acids is 1. The van der Waals surface area contributed by atoms with E-state index >= 15 is 0 Å². The predicted octanol–water partition coefficient (Wildman–Crippen LogP) is 2.77. The molecule has 2 aromatic rings. The molecule has 2 amide bonds. The first-order valence-electron chi connectivity index (χ1n) is 8.69. The van der Waals surface area contributed by atoms with E-state index in [4.69, 9.17) is 9.26 Å². The molecule has 1 aliphatic rings. The van der Waals surface area contributed by atoms with Gasteiger partial charge in [0, 0.05) is 24.1 Å². The molecule has 134 valence electrons. The van der Waals surface area contributed by atoms with Crippen LogP contribution in [0.15, 0.2) is 28.8 Å². The molecule has 1 aromatic heterocycles. The Morgan fingerprint density at radius 1 is 1.36 bits per heavy atom. The van der Waals surface area contributed by atoms with Gasteiger partial charge in [-0.2, -0.15) is 0 Å². The first-order chi connectivity index (χ1) is 12.0. The Morgan fingerprint density at radius 3 is 2.92 bits per heavy atom. The molecule has 25 heavy (non-hydrogen) atoms. The van der Waals surface area contributed by atoms with E-state index in [-0.39, 0.29) is 12.1 Å². The highest BCUT2D eigenvalue weighted by atomic mass is 16.5. The van der Waals surface area contributed by atoms with Crippen molar-refractivity contribution in [1.82, 2.24) is 15.8 Å². The highest BCUT2D eigenvalue weighted by Crippen LogP contribution is 2.26. The lowest BCUT2D eigenvalue weighted by Crippen LogP contribution is -2.44. The number of rotatable bonds is 5. The van der Waals surface area contributed by atoms with Gasteiger partial charge in [-0.3, -0.25) is 0 Å². The van der Waals surface area contributed by atoms with Crippen LogP contribution in [0.3, 0.4) is 0 Å². The van der Waals surface area contributed by atoms with Crippen molar-refractivity contribution >= 4 is 6.03 Å². The molecule has 0 fully saturated rings. The summed E-state index contributed by atoms with van der Waals surface area (Å²) in [6.45, 7) is 7.01. The summed E-state index contributed by atoms with van der Waals surface area (Å²) in [7, 11) is 0. The molecule has 2 N–H and O–H groups in total. The maximum atomic E-state index is 12.1. The molecule has 3 rings (SSSR count). The molecule has 0 saturated carbocycles. The van der Waals surface area contributed by atoms with Gasteiger partial charge in [-0.15, -0.1) is 0 Å². The number of carbonyl (C=O) groups is 1. The summed E-state index contributed by atoms with van der Waals surface area (Å²) in [5.41, 5.74) is 3.14. The highest BCUT2D eigenvalue weighted by molar-refractivity contribution is 5.74. The van der Waals surface area contributed by atoms with Crippen LogP contribution in [0.25, 0.3) is 0 Å². The van der Waals surface area contributed by atoms with Crippen molar-refractivity contribution in [3.8, 4) is 5.75 Å². The van der Waals surface area contributed by atoms with E-state index < -0.39 is 0 Å². The quantitative estimate of drug-likeness (QED) is 0.875. The fourth-order valence-corrected chi connectivity index (χ4v) is 3.18. The molecular formula is C19H25N3O3. The Bertz CT molecular complexity index is 722. The number of hydrogen-bond acceptors (Lipinski definition) is 4. The van der Waals surface area contributed by atoms with Gasteiger partial charge in [0.2, 0.25) is 0 Å². The van der Waals surface area contributed by atoms with Gasteiger partial charge in [-0.1, -0.05) is 23.4 Å². The molecule has 0 spiro atoms. The minimum Gasteiger partial charge on any atom is -0.493 e. The van der Waals surface area contributed by atoms with Crippen molar-refractivity contribution in [3.63, 3.8) is 0 Å². The van der Waals surface area contributed by atoms with E-state index in [1.807, 2.05) is 39.0 Å². The number of fused-ring (bicyclic) bond motifs is 1. The summed E-state index contributed by atoms with van der Waals surface area (Å²) in [5, 5.41) is 9.87. The monoisotopic (exact) mass is 343 g/mol. The third-order valence-electron chi connectivity index (χ3n) is 4.58. The van der Waals surface area contributed by atoms with Gasteiger partial charge in [0.25, 0.3) is 0 Å². The average Bonchev–Trinajstić information content (AvgIpc) is 2.91. The fourth-order valence-electron chi connectivity index (χ4n) is 3.18. The van der Waals surface area contributed by atoms with Crippen molar-refractivity contribution in [3.05, 3.63) is 46.8 Å². The normalized spacial score (nSPS) is 17.3. The second kappa shape index (κ2) is 7.59. The number of nitrogens with one attached hydrogen (secondary N) is 2. The topological polar surface area (TPSA) is 76.4 Å². The van der Waals surface area contributed by atoms with Crippen molar-refractivity contribution in [2.45, 2.75) is 39.7 Å². The van der Waals surface area contributed by atoms with Crippen LogP contribution in [0.1, 0.15) is 29.5 Å². The van der Waals surface area contributed by atoms with E-state index in [2.05, 4.69) is 21.9 Å². The third kappa shape index (κ3) is 4.32. The summed E-state index contributed by atoms with van der Waals surface area (Å²) in [6.07, 6.45) is 1.62. The maximum absolute atomic E-state index is 12.1. The largest absolute Gasteiger partial charge is 0.493 e. The lowest BCUT2D eigenvalue weighted by molar-refractivity contribution is 0.210. The number of hydrogen-bond donors (Lipinski definition) is 2. The minimum absolute atomic E-state index is 0.000122. The number of aromatic nitrogens is 1. The Labute approximate surface area is 147 Å². The minimum atomic E-state index is -0.155. The molecule has 1 aliphatic heterocycles. The van der Waals surface area contributed by atoms with Gasteiger partial charge in [-0.25, -0.2) is 4.79 Å². The first-order valence-corrected chi connectivity index (χ1v) is 8.69. The van der Waals surface area contributed by atoms with Crippen LogP contribution in [0.5, 0.6) is 5.75 Å². The molecule has 2 heterocycles. The second-order valence-electron chi connectivity index (χ2n) is 6.75. The van der Waals surface area contributed by atoms with Crippen LogP contribution < -0.4 is 15.4 Å². The standard InChI is InChI=1S/C19H25N3O3/c1-12(8-17-13(2)22-25-14(17)3)21-19(23)20-10-15-9-16-6-4-5-7-18(16)24-11-15/h4-7,12,15H,8-11H2,1-3H3,(H2,20,21,23)/t12-,15+/m0/s1. The number of ether oxygens (including phenoxy) is 1. The number of aryl methyl sites for hydroxylation is 2. The zero-order valence-corrected chi connectivity index (χ0v) is 15.0. The smallest absolute Gasteiger partial charge is 0.315 e. The Kier molecular flexibility index (Phi) is 5.26. The number of urea groups is 1. The van der Waals surface area contributed by atoms with Gasteiger partial charge in [0.05, 0.1) is 12.3 Å². The van der Waals surface area contributed by atoms with E-state index in [1.165, 1.54) is 5.56 Å². The molecule has 0 saturated heterocycles. The number of para-hydroxylation sites is 1. The summed E-state index contributed by atoms with van der Waals surface area (Å²) >= 11 is 0. The summed E-state index contributed by atoms with van der Waals surface area (Å²) in [6, 6.07) is 7.90. The molecule has 0 unspecified atom stereocenters. The lowest BCUT2D eigenvalue weighted by Gasteiger charge is -2.25. The van der Waals surface area contributed by atoms with Crippen molar-refractivity contribution in [1.29, 1.82) is 0 Å². The van der Waals surface area contributed by atoms with E-state index in [1.54, 1.807) is 0 Å². The van der Waals surface area contributed by atoms with Gasteiger partial charge in [0.1, 0.15) is 11.5 Å². The Morgan fingerprint density at radius 2 is 2.16 bits per heavy atom. The van der Waals surface area contributed by atoms with Crippen molar-refractivity contribution in [2.75, 3.05) is 13.2 Å². The molecule has 1 aromatic carbocycles. The van der Waals surface area contributed by atoms with Crippen molar-refractivity contribution in [2.24, 2.45) is 5.92 Å². The van der Waals surface area contributed by atoms with Gasteiger partial charge in [0.15, 0.2) is 0 Å². The molecule has 6 nitrogen and oxygen atoms in total. The SMILES string of the molecule is Cc1noc(C)c1C[C@H](C)NC(=O)NC[C@@H]1COc2ccccc2C1. The number of nitrogens with zero attached hydrogens (tertiary/aromatic N) is 1. The summed E-state index contributed by atoms with van der Waals surface area (Å²) < 4.78 is 10.9. The fraction of sp³-hybridized carbons (Fsp3) is 0.474. The third-order valence-corrected chi connectivity index (χ3v) is 4.58. The van der Waals surface area contributed by atoms with Crippen LogP contribution >= 0.6 is 0 Å². The Balaban J connectivity index is 1.44. The molecule has 2 atom stereocenters. The van der Waals surface area contributed by atoms with Crippen LogP contribution in [-0.4, -0.2) is 30.4 Å². The van der Waals surface area contributed by atoms with Gasteiger partial charge in [-0.05, 0) is 45.2 Å². The Hall–Kier alpha value is -2.50. The van der Waals surface area contributed by atoms with Crippen LogP contribution in [0.2, 0.25) is 0 Å². The van der Waals surface area contributed by atoms with E-state index in [0.717, 1.165) is 29.2 Å². The lowest BCUT2D eigenvalue weighted by atomic mass is 9.97. The average molecular weight is 343 g/mol. The zero-order valence-electron chi connectivity index (χ0n) is 15.0.